The second kappa shape index (κ2) is 6.53. The Balaban J connectivity index is 2.05. The van der Waals surface area contributed by atoms with Crippen LogP contribution in [0.25, 0.3) is 22.4 Å². The quantitative estimate of drug-likeness (QED) is 0.670. The molecular formula is C14H17N7O2. The summed E-state index contributed by atoms with van der Waals surface area (Å²) < 4.78 is 6.85. The number of methoxy groups -OCH3 is 1. The molecule has 9 heteroatoms. The molecule has 0 saturated carbocycles. The van der Waals surface area contributed by atoms with Crippen LogP contribution in [0.5, 0.6) is 0 Å². The molecule has 120 valence electrons. The van der Waals surface area contributed by atoms with Crippen molar-refractivity contribution in [3.63, 3.8) is 0 Å². The Labute approximate surface area is 132 Å². The van der Waals surface area contributed by atoms with E-state index in [9.17, 15) is 4.79 Å². The normalized spacial score (nSPS) is 11.0. The number of nitrogens with zero attached hydrogens (tertiary/aromatic N) is 5. The maximum Gasteiger partial charge on any atom is 0.227 e. The van der Waals surface area contributed by atoms with E-state index in [-0.39, 0.29) is 12.3 Å². The third-order valence-corrected chi connectivity index (χ3v) is 3.41. The van der Waals surface area contributed by atoms with Crippen molar-refractivity contribution in [3.05, 3.63) is 24.0 Å². The number of aromatic amines is 1. The number of amides is 1. The van der Waals surface area contributed by atoms with Gasteiger partial charge in [-0.2, -0.15) is 20.5 Å². The third-order valence-electron chi connectivity index (χ3n) is 3.41. The molecule has 0 aliphatic carbocycles. The average Bonchev–Trinajstić information content (AvgIpc) is 3.19. The molecule has 0 aliphatic heterocycles. The summed E-state index contributed by atoms with van der Waals surface area (Å²) in [6.07, 6.45) is 0.123. The topological polar surface area (TPSA) is 111 Å². The third kappa shape index (κ3) is 3.04. The minimum atomic E-state index is -0.139. The zero-order valence-corrected chi connectivity index (χ0v) is 12.9. The Morgan fingerprint density at radius 2 is 2.26 bits per heavy atom. The SMILES string of the molecule is CNC(=O)Cc1nc(-c2cccc3n[nH]nc23)n(CCOC)n1. The number of aromatic nitrogens is 6. The van der Waals surface area contributed by atoms with Crippen molar-refractivity contribution >= 4 is 16.9 Å². The molecule has 2 N–H and O–H groups in total. The summed E-state index contributed by atoms with van der Waals surface area (Å²) in [5.41, 5.74) is 2.27. The molecule has 2 heterocycles. The van der Waals surface area contributed by atoms with Crippen molar-refractivity contribution in [1.29, 1.82) is 0 Å². The predicted molar refractivity (Wildman–Crippen MR) is 82.6 cm³/mol. The Bertz CT molecular complexity index is 824. The van der Waals surface area contributed by atoms with Crippen molar-refractivity contribution in [1.82, 2.24) is 35.5 Å². The van der Waals surface area contributed by atoms with Gasteiger partial charge in [-0.1, -0.05) is 6.07 Å². The van der Waals surface area contributed by atoms with Gasteiger partial charge in [0.05, 0.1) is 19.6 Å². The second-order valence-electron chi connectivity index (χ2n) is 4.91. The van der Waals surface area contributed by atoms with Gasteiger partial charge in [-0.25, -0.2) is 9.67 Å². The Morgan fingerprint density at radius 1 is 1.39 bits per heavy atom. The number of benzene rings is 1. The van der Waals surface area contributed by atoms with Crippen LogP contribution in [-0.4, -0.2) is 56.8 Å². The van der Waals surface area contributed by atoms with E-state index in [1.807, 2.05) is 18.2 Å². The lowest BCUT2D eigenvalue weighted by atomic mass is 10.1. The summed E-state index contributed by atoms with van der Waals surface area (Å²) >= 11 is 0. The highest BCUT2D eigenvalue weighted by Gasteiger charge is 2.17. The van der Waals surface area contributed by atoms with Gasteiger partial charge in [-0.15, -0.1) is 0 Å². The van der Waals surface area contributed by atoms with E-state index < -0.39 is 0 Å². The molecular weight excluding hydrogens is 298 g/mol. The van der Waals surface area contributed by atoms with Crippen molar-refractivity contribution in [2.45, 2.75) is 13.0 Å². The molecule has 0 fully saturated rings. The van der Waals surface area contributed by atoms with Gasteiger partial charge in [-0.05, 0) is 12.1 Å². The number of carbonyl (C=O) groups excluding carboxylic acids is 1. The standard InChI is InChI=1S/C14H17N7O2/c1-15-12(22)8-11-16-14(21(19-11)6-7-23-2)9-4-3-5-10-13(9)18-20-17-10/h3-5H,6-8H2,1-2H3,(H,15,22)(H,17,18,20). The monoisotopic (exact) mass is 315 g/mol. The molecule has 3 rings (SSSR count). The number of nitrogens with one attached hydrogen (secondary N) is 2. The van der Waals surface area contributed by atoms with E-state index in [2.05, 4.69) is 30.8 Å². The van der Waals surface area contributed by atoms with Gasteiger partial charge in [-0.3, -0.25) is 4.79 Å². The number of fused-ring (bicyclic) bond motifs is 1. The molecule has 3 aromatic rings. The fourth-order valence-corrected chi connectivity index (χ4v) is 2.28. The van der Waals surface area contributed by atoms with Crippen molar-refractivity contribution < 1.29 is 9.53 Å². The van der Waals surface area contributed by atoms with Gasteiger partial charge in [0.2, 0.25) is 5.91 Å². The van der Waals surface area contributed by atoms with Crippen LogP contribution < -0.4 is 5.32 Å². The number of hydrogen-bond donors (Lipinski definition) is 2. The highest BCUT2D eigenvalue weighted by Crippen LogP contribution is 2.24. The summed E-state index contributed by atoms with van der Waals surface area (Å²) in [5, 5.41) is 17.9. The summed E-state index contributed by atoms with van der Waals surface area (Å²) in [7, 11) is 3.21. The average molecular weight is 315 g/mol. The minimum Gasteiger partial charge on any atom is -0.383 e. The molecule has 9 nitrogen and oxygen atoms in total. The maximum absolute atomic E-state index is 11.6. The predicted octanol–water partition coefficient (Wildman–Crippen LogP) is 0.151. The molecule has 0 radical (unpaired) electrons. The Morgan fingerprint density at radius 3 is 3.04 bits per heavy atom. The van der Waals surface area contributed by atoms with Gasteiger partial charge in [0.15, 0.2) is 11.6 Å². The highest BCUT2D eigenvalue weighted by atomic mass is 16.5. The minimum absolute atomic E-state index is 0.123. The van der Waals surface area contributed by atoms with Crippen LogP contribution in [0.1, 0.15) is 5.82 Å². The summed E-state index contributed by atoms with van der Waals surface area (Å²) in [5.74, 6) is 0.955. The highest BCUT2D eigenvalue weighted by molar-refractivity contribution is 5.89. The van der Waals surface area contributed by atoms with Gasteiger partial charge >= 0.3 is 0 Å². The van der Waals surface area contributed by atoms with Crippen LogP contribution in [0, 0.1) is 0 Å². The van der Waals surface area contributed by atoms with Crippen LogP contribution in [0.3, 0.4) is 0 Å². The van der Waals surface area contributed by atoms with Crippen molar-refractivity contribution in [2.75, 3.05) is 20.8 Å². The van der Waals surface area contributed by atoms with Crippen molar-refractivity contribution in [3.8, 4) is 11.4 Å². The van der Waals surface area contributed by atoms with Crippen LogP contribution >= 0.6 is 0 Å². The van der Waals surface area contributed by atoms with Crippen LogP contribution in [0.4, 0.5) is 0 Å². The number of carbonyl (C=O) groups is 1. The first-order valence-corrected chi connectivity index (χ1v) is 7.16. The van der Waals surface area contributed by atoms with Gasteiger partial charge in [0.25, 0.3) is 0 Å². The van der Waals surface area contributed by atoms with E-state index in [0.717, 1.165) is 11.1 Å². The number of para-hydroxylation sites is 1. The van der Waals surface area contributed by atoms with Crippen molar-refractivity contribution in [2.24, 2.45) is 0 Å². The van der Waals surface area contributed by atoms with Crippen LogP contribution in [-0.2, 0) is 22.5 Å². The van der Waals surface area contributed by atoms with Gasteiger partial charge < -0.3 is 10.1 Å². The first-order valence-electron chi connectivity index (χ1n) is 7.16. The Hall–Kier alpha value is -2.81. The molecule has 0 aliphatic rings. The van der Waals surface area contributed by atoms with E-state index in [0.29, 0.717) is 30.3 Å². The van der Waals surface area contributed by atoms with Gasteiger partial charge in [0, 0.05) is 19.7 Å². The maximum atomic E-state index is 11.6. The lowest BCUT2D eigenvalue weighted by molar-refractivity contribution is -0.120. The van der Waals surface area contributed by atoms with Crippen LogP contribution in [0.15, 0.2) is 18.2 Å². The molecule has 1 amide bonds. The molecule has 2 aromatic heterocycles. The zero-order chi connectivity index (χ0) is 16.2. The summed E-state index contributed by atoms with van der Waals surface area (Å²) in [6, 6.07) is 5.65. The molecule has 1 aromatic carbocycles. The molecule has 0 unspecified atom stereocenters. The fraction of sp³-hybridized carbons (Fsp3) is 0.357. The first kappa shape index (κ1) is 15.1. The van der Waals surface area contributed by atoms with Crippen LogP contribution in [0.2, 0.25) is 0 Å². The second-order valence-corrected chi connectivity index (χ2v) is 4.91. The molecule has 0 saturated heterocycles. The number of hydrogen-bond acceptors (Lipinski definition) is 6. The van der Waals surface area contributed by atoms with E-state index in [4.69, 9.17) is 4.74 Å². The largest absolute Gasteiger partial charge is 0.383 e. The summed E-state index contributed by atoms with van der Waals surface area (Å²) in [4.78, 5) is 16.1. The number of ether oxygens (including phenoxy) is 1. The lowest BCUT2D eigenvalue weighted by Crippen LogP contribution is -2.20. The smallest absolute Gasteiger partial charge is 0.227 e. The van der Waals surface area contributed by atoms with E-state index in [1.54, 1.807) is 18.8 Å². The fourth-order valence-electron chi connectivity index (χ4n) is 2.28. The first-order chi connectivity index (χ1) is 11.2. The zero-order valence-electron chi connectivity index (χ0n) is 12.9. The van der Waals surface area contributed by atoms with E-state index in [1.165, 1.54) is 0 Å². The molecule has 0 atom stereocenters. The molecule has 0 bridgehead atoms. The number of H-pyrrole nitrogens is 1. The van der Waals surface area contributed by atoms with Gasteiger partial charge in [0.1, 0.15) is 11.0 Å². The molecule has 23 heavy (non-hydrogen) atoms. The Kier molecular flexibility index (Phi) is 4.29. The van der Waals surface area contributed by atoms with E-state index >= 15 is 0 Å². The summed E-state index contributed by atoms with van der Waals surface area (Å²) in [6.45, 7) is 1.02. The molecule has 0 spiro atoms. The number of likely N-dealkylation sites (N-methyl/N-ethyl adjacent to an activating group) is 1. The lowest BCUT2D eigenvalue weighted by Gasteiger charge is -2.05. The number of rotatable bonds is 6.